The van der Waals surface area contributed by atoms with Gasteiger partial charge in [0.1, 0.15) is 17.8 Å². The molecule has 2 N–H and O–H groups in total. The van der Waals surface area contributed by atoms with Crippen molar-refractivity contribution in [2.75, 3.05) is 6.61 Å². The molecule has 0 spiro atoms. The van der Waals surface area contributed by atoms with Gasteiger partial charge in [-0.2, -0.15) is 0 Å². The van der Waals surface area contributed by atoms with Crippen molar-refractivity contribution < 1.29 is 29.6 Å². The fourth-order valence-electron chi connectivity index (χ4n) is 4.31. The van der Waals surface area contributed by atoms with Crippen LogP contribution in [0.4, 0.5) is 0 Å². The Kier molecular flexibility index (Phi) is 7.02. The summed E-state index contributed by atoms with van der Waals surface area (Å²) in [5.41, 5.74) is -0.967. The molecule has 6 nitrogen and oxygen atoms in total. The Morgan fingerprint density at radius 2 is 2.07 bits per heavy atom. The Morgan fingerprint density at radius 3 is 2.61 bits per heavy atom. The fourth-order valence-corrected chi connectivity index (χ4v) is 4.31. The summed E-state index contributed by atoms with van der Waals surface area (Å²) < 4.78 is 5.16. The maximum atomic E-state index is 12.4. The highest BCUT2D eigenvalue weighted by Gasteiger charge is 2.53. The molecule has 0 saturated heterocycles. The second-order valence-electron chi connectivity index (χ2n) is 8.74. The molecule has 156 valence electrons. The van der Waals surface area contributed by atoms with E-state index < -0.39 is 17.2 Å². The minimum Gasteiger partial charge on any atom is -0.463 e. The molecule has 0 heterocycles. The average molecular weight is 392 g/mol. The standard InChI is InChI=1S/C22H32O6/c1-14(7-6-10-21(4,5)28-26)17-11-18(20-15(2)8-9-19(20)24)22(25,12-17)13-27-16(3)23/h6-10,15,17-18,20,25-26H,11-13H2,1-5H3/b10-6+,14-7-/t15-,17+,18+,20+,22+/m1/s1. The highest BCUT2D eigenvalue weighted by Crippen LogP contribution is 2.50. The summed E-state index contributed by atoms with van der Waals surface area (Å²) in [4.78, 5) is 28.1. The zero-order valence-corrected chi connectivity index (χ0v) is 17.3. The van der Waals surface area contributed by atoms with E-state index in [1.54, 1.807) is 26.0 Å². The van der Waals surface area contributed by atoms with E-state index in [1.807, 2.05) is 32.1 Å². The van der Waals surface area contributed by atoms with E-state index in [4.69, 9.17) is 9.99 Å². The second kappa shape index (κ2) is 8.72. The number of allylic oxidation sites excluding steroid dienone is 5. The van der Waals surface area contributed by atoms with E-state index in [0.717, 1.165) is 5.57 Å². The predicted octanol–water partition coefficient (Wildman–Crippen LogP) is 3.47. The van der Waals surface area contributed by atoms with Crippen LogP contribution < -0.4 is 0 Å². The summed E-state index contributed by atoms with van der Waals surface area (Å²) in [7, 11) is 0. The molecule has 1 fully saturated rings. The molecule has 2 rings (SSSR count). The first-order valence-electron chi connectivity index (χ1n) is 9.75. The van der Waals surface area contributed by atoms with Crippen molar-refractivity contribution in [2.45, 2.75) is 58.7 Å². The molecule has 0 amide bonds. The van der Waals surface area contributed by atoms with Gasteiger partial charge in [0.25, 0.3) is 0 Å². The molecule has 0 unspecified atom stereocenters. The lowest BCUT2D eigenvalue weighted by atomic mass is 9.75. The molecule has 0 aromatic heterocycles. The number of ether oxygens (including phenoxy) is 1. The number of carbonyl (C=O) groups is 2. The Labute approximate surface area is 166 Å². The summed E-state index contributed by atoms with van der Waals surface area (Å²) >= 11 is 0. The van der Waals surface area contributed by atoms with Crippen molar-refractivity contribution >= 4 is 11.8 Å². The number of hydrogen-bond donors (Lipinski definition) is 2. The van der Waals surface area contributed by atoms with Crippen molar-refractivity contribution in [1.29, 1.82) is 0 Å². The van der Waals surface area contributed by atoms with Gasteiger partial charge in [-0.15, -0.1) is 0 Å². The lowest BCUT2D eigenvalue weighted by Gasteiger charge is -2.34. The van der Waals surface area contributed by atoms with Crippen molar-refractivity contribution in [3.8, 4) is 0 Å². The Hall–Kier alpha value is -1.76. The maximum Gasteiger partial charge on any atom is 0.302 e. The molecule has 5 atom stereocenters. The maximum absolute atomic E-state index is 12.4. The second-order valence-corrected chi connectivity index (χ2v) is 8.74. The minimum atomic E-state index is -1.23. The van der Waals surface area contributed by atoms with E-state index in [1.165, 1.54) is 6.92 Å². The molecule has 28 heavy (non-hydrogen) atoms. The number of esters is 1. The first kappa shape index (κ1) is 22.5. The van der Waals surface area contributed by atoms with Crippen molar-refractivity contribution in [3.63, 3.8) is 0 Å². The Balaban J connectivity index is 2.22. The van der Waals surface area contributed by atoms with Crippen LogP contribution in [0, 0.1) is 23.7 Å². The third kappa shape index (κ3) is 5.19. The first-order valence-corrected chi connectivity index (χ1v) is 9.75. The lowest BCUT2D eigenvalue weighted by molar-refractivity contribution is -0.297. The highest BCUT2D eigenvalue weighted by atomic mass is 17.1. The van der Waals surface area contributed by atoms with E-state index in [9.17, 15) is 14.7 Å². The average Bonchev–Trinajstić information content (AvgIpc) is 3.12. The van der Waals surface area contributed by atoms with Crippen LogP contribution in [0.5, 0.6) is 0 Å². The number of rotatable bonds is 7. The van der Waals surface area contributed by atoms with E-state index in [2.05, 4.69) is 4.89 Å². The summed E-state index contributed by atoms with van der Waals surface area (Å²) in [6, 6.07) is 0. The summed E-state index contributed by atoms with van der Waals surface area (Å²) in [5, 5.41) is 20.2. The Bertz CT molecular complexity index is 689. The van der Waals surface area contributed by atoms with Crippen LogP contribution in [0.2, 0.25) is 0 Å². The molecule has 1 saturated carbocycles. The largest absolute Gasteiger partial charge is 0.463 e. The summed E-state index contributed by atoms with van der Waals surface area (Å²) in [5.74, 6) is -0.876. The van der Waals surface area contributed by atoms with Crippen LogP contribution in [-0.4, -0.2) is 39.9 Å². The highest BCUT2D eigenvalue weighted by molar-refractivity contribution is 5.94. The van der Waals surface area contributed by atoms with Gasteiger partial charge in [-0.25, -0.2) is 4.89 Å². The number of aliphatic hydroxyl groups is 1. The molecular formula is C22H32O6. The third-order valence-electron chi connectivity index (χ3n) is 5.98. The smallest absolute Gasteiger partial charge is 0.302 e. The molecule has 2 aliphatic carbocycles. The van der Waals surface area contributed by atoms with Crippen molar-refractivity contribution in [2.24, 2.45) is 23.7 Å². The molecule has 2 aliphatic rings. The van der Waals surface area contributed by atoms with E-state index in [0.29, 0.717) is 12.8 Å². The number of ketones is 1. The van der Waals surface area contributed by atoms with Crippen LogP contribution in [-0.2, 0) is 19.2 Å². The van der Waals surface area contributed by atoms with Gasteiger partial charge in [0, 0.05) is 18.8 Å². The zero-order valence-electron chi connectivity index (χ0n) is 17.3. The molecule has 0 aromatic rings. The van der Waals surface area contributed by atoms with Crippen LogP contribution in [0.3, 0.4) is 0 Å². The predicted molar refractivity (Wildman–Crippen MR) is 105 cm³/mol. The van der Waals surface area contributed by atoms with E-state index >= 15 is 0 Å². The quantitative estimate of drug-likeness (QED) is 0.298. The minimum absolute atomic E-state index is 0.0303. The molecule has 0 aromatic carbocycles. The number of carbonyl (C=O) groups excluding carboxylic acids is 2. The van der Waals surface area contributed by atoms with Crippen LogP contribution >= 0.6 is 0 Å². The monoisotopic (exact) mass is 392 g/mol. The zero-order chi connectivity index (χ0) is 21.1. The van der Waals surface area contributed by atoms with Gasteiger partial charge in [-0.3, -0.25) is 14.8 Å². The molecular weight excluding hydrogens is 360 g/mol. The Morgan fingerprint density at radius 1 is 1.39 bits per heavy atom. The first-order chi connectivity index (χ1) is 13.0. The topological polar surface area (TPSA) is 93.1 Å². The van der Waals surface area contributed by atoms with Crippen molar-refractivity contribution in [3.05, 3.63) is 36.0 Å². The molecule has 0 bridgehead atoms. The normalized spacial score (nSPS) is 33.8. The van der Waals surface area contributed by atoms with Gasteiger partial charge in [-0.1, -0.05) is 36.8 Å². The van der Waals surface area contributed by atoms with Crippen LogP contribution in [0.1, 0.15) is 47.5 Å². The van der Waals surface area contributed by atoms with Crippen molar-refractivity contribution in [1.82, 2.24) is 0 Å². The number of hydrogen-bond acceptors (Lipinski definition) is 6. The van der Waals surface area contributed by atoms with Gasteiger partial charge < -0.3 is 9.84 Å². The molecule has 0 aliphatic heterocycles. The molecule has 0 radical (unpaired) electrons. The van der Waals surface area contributed by atoms with Crippen LogP contribution in [0.25, 0.3) is 0 Å². The lowest BCUT2D eigenvalue weighted by Crippen LogP contribution is -2.44. The van der Waals surface area contributed by atoms with E-state index in [-0.39, 0.29) is 36.1 Å². The van der Waals surface area contributed by atoms with Crippen LogP contribution in [0.15, 0.2) is 36.0 Å². The van der Waals surface area contributed by atoms with Gasteiger partial charge in [-0.05, 0) is 51.5 Å². The van der Waals surface area contributed by atoms with Gasteiger partial charge in [0.2, 0.25) is 0 Å². The van der Waals surface area contributed by atoms with Gasteiger partial charge in [0.05, 0.1) is 0 Å². The molecule has 6 heteroatoms. The van der Waals surface area contributed by atoms with Gasteiger partial charge in [0.15, 0.2) is 5.78 Å². The summed E-state index contributed by atoms with van der Waals surface area (Å²) in [6.07, 6.45) is 10.0. The summed E-state index contributed by atoms with van der Waals surface area (Å²) in [6.45, 7) is 8.64. The third-order valence-corrected chi connectivity index (χ3v) is 5.98. The SMILES string of the molecule is CC(=O)OC[C@@]1(O)C[C@@H](/C(C)=C\C=C\C(C)(C)OO)C[C@H]1[C@H]1C(=O)C=C[C@H]1C. The fraction of sp³-hybridized carbons (Fsp3) is 0.636. The van der Waals surface area contributed by atoms with Gasteiger partial charge >= 0.3 is 5.97 Å².